The molecular weight excluding hydrogens is 198 g/mol. The molecule has 1 aliphatic heterocycles. The van der Waals surface area contributed by atoms with Crippen LogP contribution >= 0.6 is 0 Å². The Morgan fingerprint density at radius 3 is 2.75 bits per heavy atom. The fourth-order valence-corrected chi connectivity index (χ4v) is 2.22. The van der Waals surface area contributed by atoms with Crippen molar-refractivity contribution in [2.24, 2.45) is 0 Å². The van der Waals surface area contributed by atoms with Gasteiger partial charge in [0.25, 0.3) is 0 Å². The number of rotatable bonds is 4. The van der Waals surface area contributed by atoms with Gasteiger partial charge >= 0.3 is 0 Å². The van der Waals surface area contributed by atoms with Gasteiger partial charge in [0.1, 0.15) is 0 Å². The van der Waals surface area contributed by atoms with Crippen molar-refractivity contribution >= 4 is 5.69 Å². The van der Waals surface area contributed by atoms with Gasteiger partial charge in [0.15, 0.2) is 0 Å². The lowest BCUT2D eigenvalue weighted by Crippen LogP contribution is -2.21. The summed E-state index contributed by atoms with van der Waals surface area (Å²) in [6.07, 6.45) is 4.02. The lowest BCUT2D eigenvalue weighted by atomic mass is 10.1. The Labute approximate surface area is 98.0 Å². The van der Waals surface area contributed by atoms with Crippen molar-refractivity contribution in [2.75, 3.05) is 11.9 Å². The Kier molecular flexibility index (Phi) is 3.83. The van der Waals surface area contributed by atoms with E-state index in [0.29, 0.717) is 12.1 Å². The standard InChI is InChI=1S/C14H21NO/c1-11-5-7-13(8-6-11)15-12(2)10-14-4-3-9-16-14/h5-8,12,14-15H,3-4,9-10H2,1-2H3. The maximum atomic E-state index is 5.64. The first-order chi connectivity index (χ1) is 7.74. The maximum absolute atomic E-state index is 5.64. The average molecular weight is 219 g/mol. The Morgan fingerprint density at radius 1 is 1.38 bits per heavy atom. The van der Waals surface area contributed by atoms with Gasteiger partial charge in [-0.25, -0.2) is 0 Å². The number of hydrogen-bond donors (Lipinski definition) is 1. The van der Waals surface area contributed by atoms with Crippen molar-refractivity contribution in [3.63, 3.8) is 0 Å². The third kappa shape index (κ3) is 3.24. The summed E-state index contributed by atoms with van der Waals surface area (Å²) >= 11 is 0. The minimum absolute atomic E-state index is 0.466. The summed E-state index contributed by atoms with van der Waals surface area (Å²) in [5.74, 6) is 0. The lowest BCUT2D eigenvalue weighted by Gasteiger charge is -2.18. The topological polar surface area (TPSA) is 21.3 Å². The van der Waals surface area contributed by atoms with Gasteiger partial charge in [0.2, 0.25) is 0 Å². The van der Waals surface area contributed by atoms with E-state index in [1.54, 1.807) is 0 Å². The second-order valence-electron chi connectivity index (χ2n) is 4.78. The molecule has 2 rings (SSSR count). The van der Waals surface area contributed by atoms with Crippen LogP contribution in [0.1, 0.15) is 31.7 Å². The predicted octanol–water partition coefficient (Wildman–Crippen LogP) is 3.36. The van der Waals surface area contributed by atoms with Gasteiger partial charge in [-0.15, -0.1) is 0 Å². The molecule has 0 bridgehead atoms. The highest BCUT2D eigenvalue weighted by molar-refractivity contribution is 5.45. The van der Waals surface area contributed by atoms with Crippen molar-refractivity contribution in [1.29, 1.82) is 0 Å². The van der Waals surface area contributed by atoms with Gasteiger partial charge < -0.3 is 10.1 Å². The summed E-state index contributed by atoms with van der Waals surface area (Å²) in [6, 6.07) is 9.04. The van der Waals surface area contributed by atoms with Crippen molar-refractivity contribution < 1.29 is 4.74 Å². The van der Waals surface area contributed by atoms with Crippen LogP contribution in [0.4, 0.5) is 5.69 Å². The van der Waals surface area contributed by atoms with E-state index in [1.807, 2.05) is 0 Å². The van der Waals surface area contributed by atoms with E-state index in [4.69, 9.17) is 4.74 Å². The monoisotopic (exact) mass is 219 g/mol. The van der Waals surface area contributed by atoms with Gasteiger partial charge in [-0.3, -0.25) is 0 Å². The van der Waals surface area contributed by atoms with Crippen LogP contribution < -0.4 is 5.32 Å². The summed E-state index contributed by atoms with van der Waals surface area (Å²) in [5, 5.41) is 3.52. The van der Waals surface area contributed by atoms with E-state index in [1.165, 1.54) is 24.1 Å². The fourth-order valence-electron chi connectivity index (χ4n) is 2.22. The van der Waals surface area contributed by atoms with Crippen LogP contribution in [0.3, 0.4) is 0 Å². The second-order valence-corrected chi connectivity index (χ2v) is 4.78. The molecule has 2 atom stereocenters. The first-order valence-electron chi connectivity index (χ1n) is 6.19. The Bertz CT molecular complexity index is 314. The molecule has 16 heavy (non-hydrogen) atoms. The van der Waals surface area contributed by atoms with E-state index >= 15 is 0 Å². The predicted molar refractivity (Wildman–Crippen MR) is 67.9 cm³/mol. The van der Waals surface area contributed by atoms with Crippen LogP contribution in [0.5, 0.6) is 0 Å². The molecule has 0 saturated carbocycles. The Hall–Kier alpha value is -1.02. The molecule has 0 aliphatic carbocycles. The van der Waals surface area contributed by atoms with Crippen LogP contribution in [0.2, 0.25) is 0 Å². The molecule has 88 valence electrons. The molecule has 2 heteroatoms. The number of nitrogens with one attached hydrogen (secondary N) is 1. The maximum Gasteiger partial charge on any atom is 0.0595 e. The number of ether oxygens (including phenoxy) is 1. The Morgan fingerprint density at radius 2 is 2.12 bits per heavy atom. The number of aryl methyl sites for hydroxylation is 1. The van der Waals surface area contributed by atoms with Gasteiger partial charge in [0, 0.05) is 18.3 Å². The highest BCUT2D eigenvalue weighted by Gasteiger charge is 2.18. The second kappa shape index (κ2) is 5.35. The van der Waals surface area contributed by atoms with E-state index in [-0.39, 0.29) is 0 Å². The first kappa shape index (κ1) is 11.5. The average Bonchev–Trinajstić information content (AvgIpc) is 2.74. The SMILES string of the molecule is Cc1ccc(NC(C)CC2CCCO2)cc1. The number of anilines is 1. The third-order valence-electron chi connectivity index (χ3n) is 3.11. The lowest BCUT2D eigenvalue weighted by molar-refractivity contribution is 0.101. The van der Waals surface area contributed by atoms with Crippen LogP contribution in [-0.2, 0) is 4.74 Å². The fraction of sp³-hybridized carbons (Fsp3) is 0.571. The minimum Gasteiger partial charge on any atom is -0.382 e. The molecule has 1 aromatic rings. The van der Waals surface area contributed by atoms with Crippen molar-refractivity contribution in [1.82, 2.24) is 0 Å². The van der Waals surface area contributed by atoms with Crippen molar-refractivity contribution in [2.45, 2.75) is 45.3 Å². The molecule has 1 fully saturated rings. The summed E-state index contributed by atoms with van der Waals surface area (Å²) < 4.78 is 5.64. The first-order valence-corrected chi connectivity index (χ1v) is 6.19. The smallest absolute Gasteiger partial charge is 0.0595 e. The van der Waals surface area contributed by atoms with Gasteiger partial charge in [-0.2, -0.15) is 0 Å². The Balaban J connectivity index is 1.81. The van der Waals surface area contributed by atoms with E-state index in [9.17, 15) is 0 Å². The summed E-state index contributed by atoms with van der Waals surface area (Å²) in [4.78, 5) is 0. The molecule has 1 heterocycles. The zero-order valence-corrected chi connectivity index (χ0v) is 10.2. The van der Waals surface area contributed by atoms with Crippen LogP contribution in [0.25, 0.3) is 0 Å². The van der Waals surface area contributed by atoms with Crippen molar-refractivity contribution in [3.8, 4) is 0 Å². The minimum atomic E-state index is 0.466. The molecule has 1 aromatic carbocycles. The summed E-state index contributed by atoms with van der Waals surface area (Å²) in [5.41, 5.74) is 2.51. The van der Waals surface area contributed by atoms with Gasteiger partial charge in [-0.05, 0) is 45.2 Å². The third-order valence-corrected chi connectivity index (χ3v) is 3.11. The normalized spacial score (nSPS) is 22.0. The van der Waals surface area contributed by atoms with E-state index in [2.05, 4.69) is 43.4 Å². The highest BCUT2D eigenvalue weighted by Crippen LogP contribution is 2.19. The number of hydrogen-bond acceptors (Lipinski definition) is 2. The van der Waals surface area contributed by atoms with Crippen LogP contribution in [-0.4, -0.2) is 18.8 Å². The van der Waals surface area contributed by atoms with Crippen molar-refractivity contribution in [3.05, 3.63) is 29.8 Å². The van der Waals surface area contributed by atoms with E-state index in [0.717, 1.165) is 13.0 Å². The van der Waals surface area contributed by atoms with Gasteiger partial charge in [0.05, 0.1) is 6.10 Å². The molecule has 0 amide bonds. The molecule has 1 saturated heterocycles. The summed E-state index contributed by atoms with van der Waals surface area (Å²) in [7, 11) is 0. The van der Waals surface area contributed by atoms with Gasteiger partial charge in [-0.1, -0.05) is 17.7 Å². The van der Waals surface area contributed by atoms with Crippen LogP contribution in [0.15, 0.2) is 24.3 Å². The largest absolute Gasteiger partial charge is 0.382 e. The molecule has 1 N–H and O–H groups in total. The molecule has 2 unspecified atom stereocenters. The molecule has 2 nitrogen and oxygen atoms in total. The molecule has 0 spiro atoms. The zero-order valence-electron chi connectivity index (χ0n) is 10.2. The quantitative estimate of drug-likeness (QED) is 0.838. The summed E-state index contributed by atoms with van der Waals surface area (Å²) in [6.45, 7) is 5.28. The highest BCUT2D eigenvalue weighted by atomic mass is 16.5. The molecule has 0 aromatic heterocycles. The van der Waals surface area contributed by atoms with E-state index < -0.39 is 0 Å². The molecular formula is C14H21NO. The zero-order chi connectivity index (χ0) is 11.4. The molecule has 0 radical (unpaired) electrons. The number of benzene rings is 1. The molecule has 1 aliphatic rings. The van der Waals surface area contributed by atoms with Crippen LogP contribution in [0, 0.1) is 6.92 Å².